The first-order valence-electron chi connectivity index (χ1n) is 12.3. The van der Waals surface area contributed by atoms with Gasteiger partial charge in [0.2, 0.25) is 0 Å². The third kappa shape index (κ3) is 5.29. The van der Waals surface area contributed by atoms with E-state index >= 15 is 0 Å². The molecule has 2 aliphatic rings. The van der Waals surface area contributed by atoms with Crippen molar-refractivity contribution in [3.8, 4) is 5.75 Å². The monoisotopic (exact) mass is 546 g/mol. The number of carbonyl (C=O) groups is 1. The van der Waals surface area contributed by atoms with Crippen LogP contribution in [-0.4, -0.2) is 63.5 Å². The molecule has 4 rings (SSSR count). The fraction of sp³-hybridized carbons (Fsp3) is 0.519. The van der Waals surface area contributed by atoms with E-state index in [0.717, 1.165) is 29.4 Å². The average Bonchev–Trinajstić information content (AvgIpc) is 3.22. The molecule has 2 aromatic rings. The minimum absolute atomic E-state index is 0.142. The molecular formula is C27H35BrN2O5. The molecule has 1 amide bonds. The van der Waals surface area contributed by atoms with E-state index in [2.05, 4.69) is 33.1 Å². The minimum Gasteiger partial charge on any atom is -0.493 e. The van der Waals surface area contributed by atoms with E-state index < -0.39 is 5.41 Å². The molecule has 0 saturated heterocycles. The molecule has 190 valence electrons. The van der Waals surface area contributed by atoms with Gasteiger partial charge in [0.05, 0.1) is 31.3 Å². The molecule has 1 aliphatic carbocycles. The van der Waals surface area contributed by atoms with E-state index in [1.165, 1.54) is 10.8 Å². The standard InChI is InChI=1S/C27H35BrN2O5/c1-4-27(14-31,15-32)16-34-20-8-5-18(6-9-20)25-24-21(11-12-30(25)26(33)35-17(2)3)22-13-19(28)7-10-23(22)29-24/h5-6,8-10,13,17,19,25,29,31-32H,4,7,11-12,14-16H2,1-3H3. The summed E-state index contributed by atoms with van der Waals surface area (Å²) in [5.74, 6) is 0.649. The van der Waals surface area contributed by atoms with Crippen molar-refractivity contribution in [1.29, 1.82) is 0 Å². The Morgan fingerprint density at radius 3 is 2.60 bits per heavy atom. The van der Waals surface area contributed by atoms with Gasteiger partial charge in [-0.25, -0.2) is 4.79 Å². The van der Waals surface area contributed by atoms with E-state index in [9.17, 15) is 15.0 Å². The lowest BCUT2D eigenvalue weighted by Crippen LogP contribution is -2.42. The van der Waals surface area contributed by atoms with Crippen molar-refractivity contribution in [2.45, 2.75) is 57.0 Å². The maximum Gasteiger partial charge on any atom is 0.410 e. The number of nitrogens with one attached hydrogen (secondary N) is 1. The third-order valence-electron chi connectivity index (χ3n) is 7.02. The number of benzene rings is 1. The van der Waals surface area contributed by atoms with E-state index in [-0.39, 0.29) is 38.1 Å². The van der Waals surface area contributed by atoms with Crippen molar-refractivity contribution in [2.24, 2.45) is 5.41 Å². The Kier molecular flexibility index (Phi) is 7.93. The Bertz CT molecular complexity index is 1150. The highest BCUT2D eigenvalue weighted by Gasteiger charge is 2.36. The number of ether oxygens (including phenoxy) is 2. The van der Waals surface area contributed by atoms with Gasteiger partial charge in [-0.2, -0.15) is 0 Å². The van der Waals surface area contributed by atoms with Crippen LogP contribution in [0.1, 0.15) is 56.5 Å². The summed E-state index contributed by atoms with van der Waals surface area (Å²) in [6, 6.07) is 7.39. The van der Waals surface area contributed by atoms with E-state index in [4.69, 9.17) is 9.47 Å². The number of hydrogen-bond acceptors (Lipinski definition) is 5. The van der Waals surface area contributed by atoms with E-state index in [1.807, 2.05) is 45.0 Å². The highest BCUT2D eigenvalue weighted by Crippen LogP contribution is 2.34. The first-order valence-corrected chi connectivity index (χ1v) is 13.2. The predicted molar refractivity (Wildman–Crippen MR) is 139 cm³/mol. The molecule has 2 unspecified atom stereocenters. The van der Waals surface area contributed by atoms with Gasteiger partial charge in [0, 0.05) is 22.4 Å². The van der Waals surface area contributed by atoms with Gasteiger partial charge >= 0.3 is 6.09 Å². The summed E-state index contributed by atoms with van der Waals surface area (Å²) in [7, 11) is 0. The minimum atomic E-state index is -0.669. The Hall–Kier alpha value is -2.29. The topological polar surface area (TPSA) is 95.0 Å². The Balaban J connectivity index is 1.67. The molecule has 3 N–H and O–H groups in total. The van der Waals surface area contributed by atoms with Crippen LogP contribution in [0.3, 0.4) is 0 Å². The van der Waals surface area contributed by atoms with Gasteiger partial charge in [-0.15, -0.1) is 0 Å². The van der Waals surface area contributed by atoms with Crippen LogP contribution in [0, 0.1) is 5.41 Å². The zero-order valence-electron chi connectivity index (χ0n) is 20.6. The number of hydrogen-bond donors (Lipinski definition) is 3. The van der Waals surface area contributed by atoms with Gasteiger partial charge in [0.1, 0.15) is 11.8 Å². The SMILES string of the molecule is CCC(CO)(CO)COc1ccc(C2c3[nH]c4c(c3CCN2C(=O)OC(C)C)=CC(Br)CC=4)cc1. The predicted octanol–water partition coefficient (Wildman–Crippen LogP) is 3.00. The lowest BCUT2D eigenvalue weighted by Gasteiger charge is -2.36. The van der Waals surface area contributed by atoms with E-state index in [0.29, 0.717) is 23.5 Å². The number of fused-ring (bicyclic) bond motifs is 3. The van der Waals surface area contributed by atoms with Gasteiger partial charge < -0.3 is 24.7 Å². The summed E-state index contributed by atoms with van der Waals surface area (Å²) < 4.78 is 11.5. The largest absolute Gasteiger partial charge is 0.493 e. The molecular weight excluding hydrogens is 512 g/mol. The van der Waals surface area contributed by atoms with Gasteiger partial charge in [0.15, 0.2) is 0 Å². The normalized spacial score (nSPS) is 19.5. The molecule has 1 aromatic heterocycles. The number of carbonyl (C=O) groups excluding carboxylic acids is 1. The molecule has 0 radical (unpaired) electrons. The molecule has 0 fully saturated rings. The maximum absolute atomic E-state index is 13.1. The van der Waals surface area contributed by atoms with Crippen LogP contribution in [-0.2, 0) is 11.2 Å². The summed E-state index contributed by atoms with van der Waals surface area (Å²) >= 11 is 3.71. The Morgan fingerprint density at radius 2 is 1.97 bits per heavy atom. The van der Waals surface area contributed by atoms with Crippen LogP contribution in [0.5, 0.6) is 5.75 Å². The molecule has 7 nitrogen and oxygen atoms in total. The smallest absolute Gasteiger partial charge is 0.410 e. The quantitative estimate of drug-likeness (QED) is 0.442. The molecule has 1 aliphatic heterocycles. The first kappa shape index (κ1) is 25.8. The van der Waals surface area contributed by atoms with Crippen molar-refractivity contribution in [3.63, 3.8) is 0 Å². The van der Waals surface area contributed by atoms with Crippen LogP contribution in [0.15, 0.2) is 24.3 Å². The van der Waals surface area contributed by atoms with Crippen LogP contribution >= 0.6 is 15.9 Å². The van der Waals surface area contributed by atoms with E-state index in [1.54, 1.807) is 4.90 Å². The summed E-state index contributed by atoms with van der Waals surface area (Å²) in [6.07, 6.45) is 6.22. The summed E-state index contributed by atoms with van der Waals surface area (Å²) in [5, 5.41) is 21.7. The number of halogens is 1. The van der Waals surface area contributed by atoms with Gasteiger partial charge in [-0.05, 0) is 61.6 Å². The second-order valence-corrected chi connectivity index (χ2v) is 10.9. The number of aliphatic hydroxyl groups excluding tert-OH is 2. The van der Waals surface area contributed by atoms with Gasteiger partial charge in [-0.3, -0.25) is 4.90 Å². The number of aromatic nitrogens is 1. The zero-order valence-corrected chi connectivity index (χ0v) is 22.2. The fourth-order valence-corrected chi connectivity index (χ4v) is 5.16. The maximum atomic E-state index is 13.1. The number of aromatic amines is 1. The second kappa shape index (κ2) is 10.8. The van der Waals surface area contributed by atoms with Crippen LogP contribution in [0.2, 0.25) is 0 Å². The molecule has 35 heavy (non-hydrogen) atoms. The third-order valence-corrected chi connectivity index (χ3v) is 7.66. The summed E-state index contributed by atoms with van der Waals surface area (Å²) in [6.45, 7) is 6.14. The number of nitrogens with zero attached hydrogens (tertiary/aromatic N) is 1. The van der Waals surface area contributed by atoms with Gasteiger partial charge in [-0.1, -0.05) is 47.1 Å². The van der Waals surface area contributed by atoms with Crippen LogP contribution in [0.4, 0.5) is 4.79 Å². The number of rotatable bonds is 8. The van der Waals surface area contributed by atoms with Crippen molar-refractivity contribution in [1.82, 2.24) is 9.88 Å². The molecule has 2 atom stereocenters. The van der Waals surface area contributed by atoms with Crippen molar-refractivity contribution < 1.29 is 24.5 Å². The van der Waals surface area contributed by atoms with Crippen molar-refractivity contribution >= 4 is 34.2 Å². The Labute approximate surface area is 214 Å². The van der Waals surface area contributed by atoms with Crippen molar-refractivity contribution in [3.05, 3.63) is 51.7 Å². The summed E-state index contributed by atoms with van der Waals surface area (Å²) in [4.78, 5) is 18.8. The van der Waals surface area contributed by atoms with Gasteiger partial charge in [0.25, 0.3) is 0 Å². The number of aliphatic hydroxyl groups is 2. The molecule has 1 aromatic carbocycles. The lowest BCUT2D eigenvalue weighted by atomic mass is 9.88. The number of alkyl halides is 1. The number of amides is 1. The fourth-order valence-electron chi connectivity index (χ4n) is 4.71. The molecule has 0 bridgehead atoms. The summed E-state index contributed by atoms with van der Waals surface area (Å²) in [5.41, 5.74) is 2.56. The zero-order chi connectivity index (χ0) is 25.2. The first-order chi connectivity index (χ1) is 16.8. The molecule has 0 spiro atoms. The molecule has 2 heterocycles. The Morgan fingerprint density at radius 1 is 1.26 bits per heavy atom. The average molecular weight is 547 g/mol. The van der Waals surface area contributed by atoms with Crippen LogP contribution in [0.25, 0.3) is 12.2 Å². The second-order valence-electron chi connectivity index (χ2n) is 9.77. The van der Waals surface area contributed by atoms with Crippen LogP contribution < -0.4 is 15.3 Å². The molecule has 0 saturated carbocycles. The highest BCUT2D eigenvalue weighted by atomic mass is 79.9. The lowest BCUT2D eigenvalue weighted by molar-refractivity contribution is 0.0114. The number of H-pyrrole nitrogens is 1. The van der Waals surface area contributed by atoms with Crippen molar-refractivity contribution in [2.75, 3.05) is 26.4 Å². The molecule has 8 heteroatoms. The highest BCUT2D eigenvalue weighted by molar-refractivity contribution is 9.09.